The van der Waals surface area contributed by atoms with Gasteiger partial charge in [-0.3, -0.25) is 9.59 Å². The van der Waals surface area contributed by atoms with Crippen molar-refractivity contribution in [2.45, 2.75) is 12.8 Å². The molecule has 1 aliphatic heterocycles. The van der Waals surface area contributed by atoms with Crippen LogP contribution in [-0.4, -0.2) is 49.5 Å². The van der Waals surface area contributed by atoms with E-state index in [1.807, 2.05) is 24.3 Å². The molecule has 7 heteroatoms. The lowest BCUT2D eigenvalue weighted by molar-refractivity contribution is -0.137. The van der Waals surface area contributed by atoms with Gasteiger partial charge in [0.25, 0.3) is 5.91 Å². The number of benzene rings is 2. The van der Waals surface area contributed by atoms with Crippen LogP contribution in [0.15, 0.2) is 36.4 Å². The summed E-state index contributed by atoms with van der Waals surface area (Å²) in [5, 5.41) is 1.81. The molecule has 7 nitrogen and oxygen atoms in total. The number of primary amides is 1. The number of carbonyl (C=O) groups is 3. The molecule has 2 N–H and O–H groups in total. The van der Waals surface area contributed by atoms with E-state index < -0.39 is 11.9 Å². The van der Waals surface area contributed by atoms with Crippen molar-refractivity contribution < 1.29 is 23.9 Å². The maximum Gasteiger partial charge on any atom is 0.342 e. The average molecular weight is 370 g/mol. The molecule has 2 amide bonds. The summed E-state index contributed by atoms with van der Waals surface area (Å²) in [5.41, 5.74) is 5.59. The quantitative estimate of drug-likeness (QED) is 0.808. The van der Waals surface area contributed by atoms with Crippen molar-refractivity contribution in [2.75, 3.05) is 26.8 Å². The van der Waals surface area contributed by atoms with Gasteiger partial charge in [-0.05, 0) is 35.7 Å². The van der Waals surface area contributed by atoms with E-state index in [9.17, 15) is 14.4 Å². The molecular formula is C20H22N2O5. The number of piperidine rings is 1. The number of hydrogen-bond acceptors (Lipinski definition) is 5. The van der Waals surface area contributed by atoms with Crippen LogP contribution in [0.1, 0.15) is 23.2 Å². The second-order valence-electron chi connectivity index (χ2n) is 6.56. The molecule has 1 heterocycles. The predicted molar refractivity (Wildman–Crippen MR) is 99.3 cm³/mol. The first-order valence-corrected chi connectivity index (χ1v) is 8.80. The highest BCUT2D eigenvalue weighted by Gasteiger charge is 2.27. The maximum atomic E-state index is 12.5. The molecule has 1 aliphatic rings. The fourth-order valence-electron chi connectivity index (χ4n) is 3.28. The molecule has 2 aromatic rings. The lowest BCUT2D eigenvalue weighted by Gasteiger charge is -2.31. The summed E-state index contributed by atoms with van der Waals surface area (Å²) in [7, 11) is 1.48. The van der Waals surface area contributed by atoms with E-state index in [1.165, 1.54) is 12.0 Å². The SMILES string of the molecule is COc1cc2ccccc2cc1C(=O)OCC(=O)N1CCC[C@@H](C(N)=O)C1. The average Bonchev–Trinajstić information content (AvgIpc) is 2.70. The molecule has 0 bridgehead atoms. The van der Waals surface area contributed by atoms with Crippen molar-refractivity contribution in [1.29, 1.82) is 0 Å². The van der Waals surface area contributed by atoms with E-state index in [1.54, 1.807) is 12.1 Å². The largest absolute Gasteiger partial charge is 0.496 e. The van der Waals surface area contributed by atoms with Crippen LogP contribution < -0.4 is 10.5 Å². The first-order chi connectivity index (χ1) is 13.0. The number of likely N-dealkylation sites (tertiary alicyclic amines) is 1. The zero-order valence-electron chi connectivity index (χ0n) is 15.1. The topological polar surface area (TPSA) is 98.9 Å². The highest BCUT2D eigenvalue weighted by Crippen LogP contribution is 2.26. The van der Waals surface area contributed by atoms with Gasteiger partial charge < -0.3 is 20.1 Å². The van der Waals surface area contributed by atoms with Gasteiger partial charge in [0.1, 0.15) is 11.3 Å². The lowest BCUT2D eigenvalue weighted by atomic mass is 9.97. The van der Waals surface area contributed by atoms with E-state index in [0.717, 1.165) is 10.8 Å². The molecule has 142 valence electrons. The summed E-state index contributed by atoms with van der Waals surface area (Å²) in [6.45, 7) is 0.408. The van der Waals surface area contributed by atoms with Crippen molar-refractivity contribution in [2.24, 2.45) is 11.7 Å². The molecule has 1 fully saturated rings. The van der Waals surface area contributed by atoms with Crippen molar-refractivity contribution in [3.8, 4) is 5.75 Å². The van der Waals surface area contributed by atoms with Gasteiger partial charge in [-0.2, -0.15) is 0 Å². The normalized spacial score (nSPS) is 16.8. The molecule has 0 unspecified atom stereocenters. The van der Waals surface area contributed by atoms with Gasteiger partial charge in [-0.1, -0.05) is 24.3 Å². The van der Waals surface area contributed by atoms with Crippen LogP contribution in [0.5, 0.6) is 5.75 Å². The molecule has 0 saturated carbocycles. The third kappa shape index (κ3) is 4.19. The third-order valence-electron chi connectivity index (χ3n) is 4.79. The summed E-state index contributed by atoms with van der Waals surface area (Å²) < 4.78 is 10.5. The smallest absolute Gasteiger partial charge is 0.342 e. The number of carbonyl (C=O) groups excluding carboxylic acids is 3. The Hall–Kier alpha value is -3.09. The van der Waals surface area contributed by atoms with E-state index in [2.05, 4.69) is 0 Å². The number of nitrogens with two attached hydrogens (primary N) is 1. The Kier molecular flexibility index (Phi) is 5.59. The van der Waals surface area contributed by atoms with Crippen LogP contribution >= 0.6 is 0 Å². The summed E-state index contributed by atoms with van der Waals surface area (Å²) in [4.78, 5) is 37.7. The number of fused-ring (bicyclic) bond motifs is 1. The maximum absolute atomic E-state index is 12.5. The molecule has 3 rings (SSSR count). The fraction of sp³-hybridized carbons (Fsp3) is 0.350. The van der Waals surface area contributed by atoms with Crippen molar-refractivity contribution in [3.05, 3.63) is 42.0 Å². The van der Waals surface area contributed by atoms with Gasteiger partial charge in [0.15, 0.2) is 6.61 Å². The second-order valence-corrected chi connectivity index (χ2v) is 6.56. The molecule has 0 radical (unpaired) electrons. The predicted octanol–water partition coefficient (Wildman–Crippen LogP) is 1.73. The van der Waals surface area contributed by atoms with Gasteiger partial charge in [0, 0.05) is 13.1 Å². The lowest BCUT2D eigenvalue weighted by Crippen LogP contribution is -2.45. The Labute approximate surface area is 157 Å². The number of rotatable bonds is 5. The van der Waals surface area contributed by atoms with Gasteiger partial charge in [0.2, 0.25) is 5.91 Å². The Morgan fingerprint density at radius 1 is 1.19 bits per heavy atom. The van der Waals surface area contributed by atoms with Crippen molar-refractivity contribution in [3.63, 3.8) is 0 Å². The molecule has 0 aliphatic carbocycles. The zero-order valence-corrected chi connectivity index (χ0v) is 15.1. The first kappa shape index (κ1) is 18.7. The van der Waals surface area contributed by atoms with Gasteiger partial charge >= 0.3 is 5.97 Å². The van der Waals surface area contributed by atoms with E-state index in [-0.39, 0.29) is 30.5 Å². The monoisotopic (exact) mass is 370 g/mol. The summed E-state index contributed by atoms with van der Waals surface area (Å²) in [6, 6.07) is 11.0. The van der Waals surface area contributed by atoms with Gasteiger partial charge in [-0.25, -0.2) is 4.79 Å². The van der Waals surface area contributed by atoms with Crippen molar-refractivity contribution >= 4 is 28.6 Å². The van der Waals surface area contributed by atoms with Crippen molar-refractivity contribution in [1.82, 2.24) is 4.90 Å². The van der Waals surface area contributed by atoms with E-state index in [0.29, 0.717) is 25.1 Å². The number of ether oxygens (including phenoxy) is 2. The minimum Gasteiger partial charge on any atom is -0.496 e. The van der Waals surface area contributed by atoms with Crippen LogP contribution in [0.4, 0.5) is 0 Å². The van der Waals surface area contributed by atoms with Crippen LogP contribution in [0.3, 0.4) is 0 Å². The van der Waals surface area contributed by atoms with Gasteiger partial charge in [0.05, 0.1) is 13.0 Å². The standard InChI is InChI=1S/C20H22N2O5/c1-26-17-10-14-6-3-2-5-13(14)9-16(17)20(25)27-12-18(23)22-8-4-7-15(11-22)19(21)24/h2-3,5-6,9-10,15H,4,7-8,11-12H2,1H3,(H2,21,24)/t15-/m1/s1. The Bertz CT molecular complexity index is 880. The summed E-state index contributed by atoms with van der Waals surface area (Å²) in [6.07, 6.45) is 1.37. The number of amides is 2. The number of hydrogen-bond donors (Lipinski definition) is 1. The summed E-state index contributed by atoms with van der Waals surface area (Å²) in [5.74, 6) is -1.34. The molecule has 2 aromatic carbocycles. The van der Waals surface area contributed by atoms with Gasteiger partial charge in [-0.15, -0.1) is 0 Å². The van der Waals surface area contributed by atoms with Crippen LogP contribution in [0.25, 0.3) is 10.8 Å². The summed E-state index contributed by atoms with van der Waals surface area (Å²) >= 11 is 0. The molecule has 0 aromatic heterocycles. The number of methoxy groups -OCH3 is 1. The second kappa shape index (κ2) is 8.07. The van der Waals surface area contributed by atoms with Crippen LogP contribution in [0.2, 0.25) is 0 Å². The Balaban J connectivity index is 1.67. The third-order valence-corrected chi connectivity index (χ3v) is 4.79. The molecule has 27 heavy (non-hydrogen) atoms. The molecule has 0 spiro atoms. The molecular weight excluding hydrogens is 348 g/mol. The minimum atomic E-state index is -0.630. The molecule has 1 atom stereocenters. The fourth-order valence-corrected chi connectivity index (χ4v) is 3.28. The Morgan fingerprint density at radius 2 is 1.89 bits per heavy atom. The number of nitrogens with zero attached hydrogens (tertiary/aromatic N) is 1. The zero-order chi connectivity index (χ0) is 19.4. The first-order valence-electron chi connectivity index (χ1n) is 8.80. The van der Waals surface area contributed by atoms with Crippen LogP contribution in [-0.2, 0) is 14.3 Å². The Morgan fingerprint density at radius 3 is 2.56 bits per heavy atom. The highest BCUT2D eigenvalue weighted by molar-refractivity contribution is 5.99. The molecule has 1 saturated heterocycles. The number of esters is 1. The van der Waals surface area contributed by atoms with E-state index >= 15 is 0 Å². The van der Waals surface area contributed by atoms with E-state index in [4.69, 9.17) is 15.2 Å². The van der Waals surface area contributed by atoms with Crippen LogP contribution in [0, 0.1) is 5.92 Å². The minimum absolute atomic E-state index is 0.262. The highest BCUT2D eigenvalue weighted by atomic mass is 16.5.